The highest BCUT2D eigenvalue weighted by molar-refractivity contribution is 8.01. The molecule has 1 aromatic heterocycles. The monoisotopic (exact) mass is 483 g/mol. The van der Waals surface area contributed by atoms with Crippen LogP contribution in [0.1, 0.15) is 12.8 Å². The summed E-state index contributed by atoms with van der Waals surface area (Å²) >= 11 is 4.38. The summed E-state index contributed by atoms with van der Waals surface area (Å²) in [5.41, 5.74) is 0.885. The third-order valence-electron chi connectivity index (χ3n) is 4.91. The Bertz CT molecular complexity index is 905. The number of amides is 2. The molecule has 11 heteroatoms. The molecular weight excluding hydrogens is 458 g/mol. The molecule has 3 unspecified atom stereocenters. The number of β-amino-alcohol motifs (C(OH)–C–C–N with tert-alkyl or cyclic N) is 1. The number of methoxy groups -OCH3 is 1. The van der Waals surface area contributed by atoms with Crippen LogP contribution in [0.4, 0.5) is 0 Å². The second kappa shape index (κ2) is 11.2. The van der Waals surface area contributed by atoms with Gasteiger partial charge in [0.05, 0.1) is 29.2 Å². The average molecular weight is 484 g/mol. The van der Waals surface area contributed by atoms with Gasteiger partial charge in [0.2, 0.25) is 11.8 Å². The molecule has 2 amide bonds. The van der Waals surface area contributed by atoms with Crippen molar-refractivity contribution in [3.63, 3.8) is 0 Å². The van der Waals surface area contributed by atoms with E-state index < -0.39 is 30.1 Å². The van der Waals surface area contributed by atoms with Crippen molar-refractivity contribution < 1.29 is 24.2 Å². The van der Waals surface area contributed by atoms with E-state index in [0.717, 1.165) is 14.6 Å². The van der Waals surface area contributed by atoms with Gasteiger partial charge in [-0.25, -0.2) is 9.78 Å². The van der Waals surface area contributed by atoms with Crippen molar-refractivity contribution in [3.8, 4) is 0 Å². The number of hydrogen-bond donors (Lipinski definition) is 2. The molecule has 1 saturated heterocycles. The normalized spacial score (nSPS) is 19.4. The maximum absolute atomic E-state index is 12.8. The highest BCUT2D eigenvalue weighted by atomic mass is 32.2. The van der Waals surface area contributed by atoms with Crippen LogP contribution >= 0.6 is 34.9 Å². The van der Waals surface area contributed by atoms with Gasteiger partial charge in [0.1, 0.15) is 12.1 Å². The SMILES string of the molecule is COC(=O)C(CCSC)NC(=O)C1CC(O)CN1C(=O)CSc1nc2ccccc2s1. The standard InChI is InChI=1S/C20H25N3O5S3/c1-28-19(27)14(7-8-29-2)21-18(26)15-9-12(24)10-23(15)17(25)11-30-20-22-13-5-3-4-6-16(13)31-20/h3-6,12,14-15,24H,7-11H2,1-2H3,(H,21,26). The van der Waals surface area contributed by atoms with E-state index in [1.165, 1.54) is 35.1 Å². The summed E-state index contributed by atoms with van der Waals surface area (Å²) in [5.74, 6) is -0.436. The van der Waals surface area contributed by atoms with Crippen LogP contribution in [-0.4, -0.2) is 82.4 Å². The first kappa shape index (κ1) is 23.8. The van der Waals surface area contributed by atoms with Gasteiger partial charge in [0.15, 0.2) is 4.34 Å². The molecule has 1 aliphatic rings. The zero-order valence-corrected chi connectivity index (χ0v) is 19.7. The van der Waals surface area contributed by atoms with Gasteiger partial charge < -0.3 is 20.1 Å². The Balaban J connectivity index is 1.62. The Morgan fingerprint density at radius 3 is 2.87 bits per heavy atom. The van der Waals surface area contributed by atoms with E-state index in [1.54, 1.807) is 11.8 Å². The average Bonchev–Trinajstić information content (AvgIpc) is 3.37. The summed E-state index contributed by atoms with van der Waals surface area (Å²) in [7, 11) is 1.27. The predicted molar refractivity (Wildman–Crippen MR) is 123 cm³/mol. The van der Waals surface area contributed by atoms with Crippen LogP contribution < -0.4 is 5.32 Å². The zero-order valence-electron chi connectivity index (χ0n) is 17.3. The summed E-state index contributed by atoms with van der Waals surface area (Å²) in [5, 5.41) is 12.8. The predicted octanol–water partition coefficient (Wildman–Crippen LogP) is 1.76. The van der Waals surface area contributed by atoms with Crippen molar-refractivity contribution in [2.45, 2.75) is 35.4 Å². The quantitative estimate of drug-likeness (QED) is 0.410. The molecule has 1 fully saturated rings. The van der Waals surface area contributed by atoms with E-state index in [2.05, 4.69) is 10.3 Å². The summed E-state index contributed by atoms with van der Waals surface area (Å²) < 4.78 is 6.60. The lowest BCUT2D eigenvalue weighted by molar-refractivity contribution is -0.146. The lowest BCUT2D eigenvalue weighted by atomic mass is 10.1. The molecule has 2 heterocycles. The van der Waals surface area contributed by atoms with Gasteiger partial charge >= 0.3 is 5.97 Å². The molecule has 8 nitrogen and oxygen atoms in total. The van der Waals surface area contributed by atoms with Gasteiger partial charge in [-0.15, -0.1) is 11.3 Å². The number of nitrogens with one attached hydrogen (secondary N) is 1. The van der Waals surface area contributed by atoms with Crippen molar-refractivity contribution in [2.75, 3.05) is 31.4 Å². The Kier molecular flexibility index (Phi) is 8.58. The number of likely N-dealkylation sites (tertiary alicyclic amines) is 1. The van der Waals surface area contributed by atoms with Crippen molar-refractivity contribution in [2.24, 2.45) is 0 Å². The lowest BCUT2D eigenvalue weighted by Crippen LogP contribution is -2.51. The molecule has 3 atom stereocenters. The number of fused-ring (bicyclic) bond motifs is 1. The second-order valence-corrected chi connectivity index (χ2v) is 10.3. The number of aliphatic hydroxyl groups is 1. The summed E-state index contributed by atoms with van der Waals surface area (Å²) in [6, 6.07) is 6.15. The molecule has 1 aliphatic heterocycles. The molecule has 0 saturated carbocycles. The van der Waals surface area contributed by atoms with Gasteiger partial charge in [-0.1, -0.05) is 23.9 Å². The highest BCUT2D eigenvalue weighted by Gasteiger charge is 2.40. The van der Waals surface area contributed by atoms with Crippen LogP contribution in [0.3, 0.4) is 0 Å². The number of thiazole rings is 1. The van der Waals surface area contributed by atoms with Crippen LogP contribution in [-0.2, 0) is 19.1 Å². The van der Waals surface area contributed by atoms with Gasteiger partial charge in [-0.2, -0.15) is 11.8 Å². The van der Waals surface area contributed by atoms with Crippen molar-refractivity contribution in [3.05, 3.63) is 24.3 Å². The third kappa shape index (κ3) is 6.12. The zero-order chi connectivity index (χ0) is 22.4. The molecule has 168 valence electrons. The van der Waals surface area contributed by atoms with Crippen molar-refractivity contribution in [1.29, 1.82) is 0 Å². The van der Waals surface area contributed by atoms with E-state index in [0.29, 0.717) is 12.2 Å². The smallest absolute Gasteiger partial charge is 0.328 e. The van der Waals surface area contributed by atoms with Gasteiger partial charge in [-0.05, 0) is 30.6 Å². The Labute approximate surface area is 193 Å². The molecule has 0 radical (unpaired) electrons. The number of thioether (sulfide) groups is 2. The molecule has 1 aromatic carbocycles. The fourth-order valence-corrected chi connectivity index (χ4v) is 5.78. The first-order valence-corrected chi connectivity index (χ1v) is 13.0. The minimum absolute atomic E-state index is 0.0883. The third-order valence-corrected chi connectivity index (χ3v) is 7.72. The van der Waals surface area contributed by atoms with Gasteiger partial charge in [0, 0.05) is 13.0 Å². The molecule has 31 heavy (non-hydrogen) atoms. The number of aromatic nitrogens is 1. The topological polar surface area (TPSA) is 109 Å². The number of hydrogen-bond acceptors (Lipinski definition) is 9. The molecule has 0 spiro atoms. The van der Waals surface area contributed by atoms with Crippen molar-refractivity contribution >= 4 is 62.9 Å². The minimum atomic E-state index is -0.820. The first-order valence-electron chi connectivity index (χ1n) is 9.76. The van der Waals surface area contributed by atoms with Gasteiger partial charge in [-0.3, -0.25) is 9.59 Å². The van der Waals surface area contributed by atoms with E-state index >= 15 is 0 Å². The van der Waals surface area contributed by atoms with E-state index in [9.17, 15) is 19.5 Å². The first-order chi connectivity index (χ1) is 14.9. The summed E-state index contributed by atoms with van der Waals surface area (Å²) in [4.78, 5) is 43.6. The molecule has 3 rings (SSSR count). The number of benzene rings is 1. The number of carbonyl (C=O) groups excluding carboxylic acids is 3. The fraction of sp³-hybridized carbons (Fsp3) is 0.500. The fourth-order valence-electron chi connectivity index (χ4n) is 3.35. The molecule has 2 aromatic rings. The molecular formula is C20H25N3O5S3. The van der Waals surface area contributed by atoms with Crippen LogP contribution in [0.5, 0.6) is 0 Å². The number of ether oxygens (including phenoxy) is 1. The molecule has 2 N–H and O–H groups in total. The Morgan fingerprint density at radius 2 is 2.16 bits per heavy atom. The maximum atomic E-state index is 12.8. The van der Waals surface area contributed by atoms with Crippen LogP contribution in [0.15, 0.2) is 28.6 Å². The summed E-state index contributed by atoms with van der Waals surface area (Å²) in [6.45, 7) is 0.0883. The van der Waals surface area contributed by atoms with Crippen LogP contribution in [0.25, 0.3) is 10.2 Å². The minimum Gasteiger partial charge on any atom is -0.467 e. The van der Waals surface area contributed by atoms with Crippen molar-refractivity contribution in [1.82, 2.24) is 15.2 Å². The Hall–Kier alpha value is -1.82. The number of carbonyl (C=O) groups is 3. The largest absolute Gasteiger partial charge is 0.467 e. The number of rotatable bonds is 9. The van der Waals surface area contributed by atoms with E-state index in [-0.39, 0.29) is 24.6 Å². The van der Waals surface area contributed by atoms with Crippen LogP contribution in [0, 0.1) is 0 Å². The van der Waals surface area contributed by atoms with E-state index in [1.807, 2.05) is 30.5 Å². The van der Waals surface area contributed by atoms with Crippen LogP contribution in [0.2, 0.25) is 0 Å². The number of para-hydroxylation sites is 1. The maximum Gasteiger partial charge on any atom is 0.328 e. The Morgan fingerprint density at radius 1 is 1.39 bits per heavy atom. The number of esters is 1. The highest BCUT2D eigenvalue weighted by Crippen LogP contribution is 2.30. The lowest BCUT2D eigenvalue weighted by Gasteiger charge is -2.25. The number of nitrogens with zero attached hydrogens (tertiary/aromatic N) is 2. The number of aliphatic hydroxyl groups excluding tert-OH is 1. The second-order valence-electron chi connectivity index (χ2n) is 7.05. The molecule has 0 aliphatic carbocycles. The molecule has 0 bridgehead atoms. The summed E-state index contributed by atoms with van der Waals surface area (Å²) in [6.07, 6.45) is 1.69. The van der Waals surface area contributed by atoms with Gasteiger partial charge in [0.25, 0.3) is 0 Å². The van der Waals surface area contributed by atoms with E-state index in [4.69, 9.17) is 4.74 Å².